The van der Waals surface area contributed by atoms with Crippen molar-refractivity contribution in [2.24, 2.45) is 0 Å². The SMILES string of the molecule is CC(=O)NCC(=O)NCC(=O)N(Cc1ccccc1)C1CC1. The Bertz CT molecular complexity index is 541. The third-order valence-electron chi connectivity index (χ3n) is 3.44. The number of nitrogens with one attached hydrogen (secondary N) is 2. The summed E-state index contributed by atoms with van der Waals surface area (Å²) in [7, 11) is 0. The fourth-order valence-electron chi connectivity index (χ4n) is 2.13. The highest BCUT2D eigenvalue weighted by Crippen LogP contribution is 2.28. The Hall–Kier alpha value is -2.37. The summed E-state index contributed by atoms with van der Waals surface area (Å²) < 4.78 is 0. The average molecular weight is 303 g/mol. The smallest absolute Gasteiger partial charge is 0.242 e. The molecule has 0 atom stereocenters. The Morgan fingerprint density at radius 3 is 2.36 bits per heavy atom. The quantitative estimate of drug-likeness (QED) is 0.767. The molecule has 0 heterocycles. The fourth-order valence-corrected chi connectivity index (χ4v) is 2.13. The maximum absolute atomic E-state index is 12.3. The Kier molecular flexibility index (Phi) is 5.52. The molecule has 118 valence electrons. The second-order valence-corrected chi connectivity index (χ2v) is 5.42. The number of nitrogens with zero attached hydrogens (tertiary/aromatic N) is 1. The summed E-state index contributed by atoms with van der Waals surface area (Å²) in [5.41, 5.74) is 1.08. The lowest BCUT2D eigenvalue weighted by Gasteiger charge is -2.22. The van der Waals surface area contributed by atoms with Gasteiger partial charge in [-0.3, -0.25) is 14.4 Å². The maximum atomic E-state index is 12.3. The topological polar surface area (TPSA) is 78.5 Å². The zero-order chi connectivity index (χ0) is 15.9. The van der Waals surface area contributed by atoms with Crippen molar-refractivity contribution in [3.63, 3.8) is 0 Å². The van der Waals surface area contributed by atoms with Crippen molar-refractivity contribution in [1.82, 2.24) is 15.5 Å². The van der Waals surface area contributed by atoms with Crippen molar-refractivity contribution in [3.05, 3.63) is 35.9 Å². The van der Waals surface area contributed by atoms with Crippen LogP contribution in [0.15, 0.2) is 30.3 Å². The first-order valence-corrected chi connectivity index (χ1v) is 7.41. The normalized spacial score (nSPS) is 13.3. The lowest BCUT2D eigenvalue weighted by molar-refractivity contribution is -0.133. The van der Waals surface area contributed by atoms with Crippen LogP contribution in [0.1, 0.15) is 25.3 Å². The molecule has 1 aliphatic rings. The largest absolute Gasteiger partial charge is 0.347 e. The molecule has 6 heteroatoms. The first kappa shape index (κ1) is 16.0. The standard InChI is InChI=1S/C16H21N3O3/c1-12(20)17-9-15(21)18-10-16(22)19(14-7-8-14)11-13-5-3-2-4-6-13/h2-6,14H,7-11H2,1H3,(H,17,20)(H,18,21). The highest BCUT2D eigenvalue weighted by Gasteiger charge is 2.32. The van der Waals surface area contributed by atoms with Gasteiger partial charge in [-0.15, -0.1) is 0 Å². The van der Waals surface area contributed by atoms with Gasteiger partial charge in [0.05, 0.1) is 13.1 Å². The van der Waals surface area contributed by atoms with Crippen molar-refractivity contribution in [2.75, 3.05) is 13.1 Å². The second kappa shape index (κ2) is 7.59. The monoisotopic (exact) mass is 303 g/mol. The van der Waals surface area contributed by atoms with E-state index >= 15 is 0 Å². The summed E-state index contributed by atoms with van der Waals surface area (Å²) in [6.45, 7) is 1.76. The molecule has 6 nitrogen and oxygen atoms in total. The highest BCUT2D eigenvalue weighted by atomic mass is 16.2. The van der Waals surface area contributed by atoms with Crippen LogP contribution >= 0.6 is 0 Å². The van der Waals surface area contributed by atoms with Crippen molar-refractivity contribution in [2.45, 2.75) is 32.4 Å². The zero-order valence-electron chi connectivity index (χ0n) is 12.7. The van der Waals surface area contributed by atoms with Crippen molar-refractivity contribution in [3.8, 4) is 0 Å². The lowest BCUT2D eigenvalue weighted by Crippen LogP contribution is -2.43. The molecule has 0 unspecified atom stereocenters. The summed E-state index contributed by atoms with van der Waals surface area (Å²) in [6.07, 6.45) is 2.02. The van der Waals surface area contributed by atoms with E-state index in [1.54, 1.807) is 0 Å². The second-order valence-electron chi connectivity index (χ2n) is 5.42. The number of hydrogen-bond acceptors (Lipinski definition) is 3. The van der Waals surface area contributed by atoms with E-state index in [1.165, 1.54) is 6.92 Å². The Labute approximate surface area is 129 Å². The van der Waals surface area contributed by atoms with E-state index in [1.807, 2.05) is 35.2 Å². The minimum absolute atomic E-state index is 0.0399. The zero-order valence-corrected chi connectivity index (χ0v) is 12.7. The number of benzene rings is 1. The molecule has 1 saturated carbocycles. The summed E-state index contributed by atoms with van der Waals surface area (Å²) in [5, 5.41) is 4.94. The van der Waals surface area contributed by atoms with E-state index < -0.39 is 0 Å². The molecule has 0 aliphatic heterocycles. The predicted molar refractivity (Wildman–Crippen MR) is 81.7 cm³/mol. The van der Waals surface area contributed by atoms with Crippen LogP contribution in [-0.2, 0) is 20.9 Å². The number of carbonyl (C=O) groups excluding carboxylic acids is 3. The summed E-state index contributed by atoms with van der Waals surface area (Å²) in [5.74, 6) is -0.730. The van der Waals surface area contributed by atoms with Gasteiger partial charge in [0.15, 0.2) is 0 Å². The van der Waals surface area contributed by atoms with Crippen LogP contribution in [0.25, 0.3) is 0 Å². The van der Waals surface area contributed by atoms with Gasteiger partial charge in [-0.2, -0.15) is 0 Å². The van der Waals surface area contributed by atoms with E-state index in [-0.39, 0.29) is 36.9 Å². The Morgan fingerprint density at radius 1 is 1.09 bits per heavy atom. The van der Waals surface area contributed by atoms with E-state index in [9.17, 15) is 14.4 Å². The Morgan fingerprint density at radius 2 is 1.77 bits per heavy atom. The van der Waals surface area contributed by atoms with Gasteiger partial charge in [-0.25, -0.2) is 0 Å². The van der Waals surface area contributed by atoms with Crippen LogP contribution < -0.4 is 10.6 Å². The first-order chi connectivity index (χ1) is 10.6. The van der Waals surface area contributed by atoms with Crippen LogP contribution in [0.2, 0.25) is 0 Å². The van der Waals surface area contributed by atoms with E-state index in [0.29, 0.717) is 6.54 Å². The molecule has 0 saturated heterocycles. The van der Waals surface area contributed by atoms with Gasteiger partial charge < -0.3 is 15.5 Å². The molecule has 0 bridgehead atoms. The fraction of sp³-hybridized carbons (Fsp3) is 0.438. The molecule has 0 aromatic heterocycles. The van der Waals surface area contributed by atoms with Gasteiger partial charge in [0.1, 0.15) is 0 Å². The van der Waals surface area contributed by atoms with Gasteiger partial charge in [0.25, 0.3) is 0 Å². The number of amides is 3. The van der Waals surface area contributed by atoms with Gasteiger partial charge >= 0.3 is 0 Å². The molecule has 1 aromatic rings. The van der Waals surface area contributed by atoms with E-state index in [2.05, 4.69) is 10.6 Å². The number of rotatable bonds is 7. The van der Waals surface area contributed by atoms with Crippen molar-refractivity contribution in [1.29, 1.82) is 0 Å². The van der Waals surface area contributed by atoms with Crippen LogP contribution in [0, 0.1) is 0 Å². The van der Waals surface area contributed by atoms with Crippen molar-refractivity contribution >= 4 is 17.7 Å². The minimum atomic E-state index is -0.362. The van der Waals surface area contributed by atoms with Crippen LogP contribution in [0.5, 0.6) is 0 Å². The predicted octanol–water partition coefficient (Wildman–Crippen LogP) is 0.430. The van der Waals surface area contributed by atoms with E-state index in [0.717, 1.165) is 18.4 Å². The van der Waals surface area contributed by atoms with Crippen LogP contribution in [0.3, 0.4) is 0 Å². The van der Waals surface area contributed by atoms with Gasteiger partial charge in [-0.05, 0) is 18.4 Å². The summed E-state index contributed by atoms with van der Waals surface area (Å²) in [4.78, 5) is 36.4. The molecule has 3 amide bonds. The number of carbonyl (C=O) groups is 3. The maximum Gasteiger partial charge on any atom is 0.242 e. The average Bonchev–Trinajstić information content (AvgIpc) is 3.34. The highest BCUT2D eigenvalue weighted by molar-refractivity contribution is 5.87. The van der Waals surface area contributed by atoms with Crippen molar-refractivity contribution < 1.29 is 14.4 Å². The van der Waals surface area contributed by atoms with Gasteiger partial charge in [0.2, 0.25) is 17.7 Å². The third-order valence-corrected chi connectivity index (χ3v) is 3.44. The minimum Gasteiger partial charge on any atom is -0.347 e. The molecule has 1 aromatic carbocycles. The lowest BCUT2D eigenvalue weighted by atomic mass is 10.2. The molecule has 2 rings (SSSR count). The molecule has 1 fully saturated rings. The van der Waals surface area contributed by atoms with Crippen LogP contribution in [0.4, 0.5) is 0 Å². The van der Waals surface area contributed by atoms with Gasteiger partial charge in [-0.1, -0.05) is 30.3 Å². The molecule has 0 radical (unpaired) electrons. The third kappa shape index (κ3) is 5.20. The molecular weight excluding hydrogens is 282 g/mol. The molecular formula is C16H21N3O3. The molecule has 2 N–H and O–H groups in total. The first-order valence-electron chi connectivity index (χ1n) is 7.41. The van der Waals surface area contributed by atoms with Gasteiger partial charge in [0, 0.05) is 19.5 Å². The molecule has 1 aliphatic carbocycles. The Balaban J connectivity index is 1.82. The van der Waals surface area contributed by atoms with Crippen LogP contribution in [-0.4, -0.2) is 41.8 Å². The van der Waals surface area contributed by atoms with E-state index in [4.69, 9.17) is 0 Å². The summed E-state index contributed by atoms with van der Waals surface area (Å²) >= 11 is 0. The molecule has 22 heavy (non-hydrogen) atoms. The summed E-state index contributed by atoms with van der Waals surface area (Å²) in [6, 6.07) is 10.1. The molecule has 0 spiro atoms. The number of hydrogen-bond donors (Lipinski definition) is 2.